The molecule has 1 atom stereocenters. The summed E-state index contributed by atoms with van der Waals surface area (Å²) in [5.41, 5.74) is 2.72. The zero-order chi connectivity index (χ0) is 15.2. The molecule has 2 aromatic rings. The minimum Gasteiger partial charge on any atom is -0.464 e. The quantitative estimate of drug-likeness (QED) is 0.856. The molecule has 0 unspecified atom stereocenters. The van der Waals surface area contributed by atoms with Gasteiger partial charge in [0.05, 0.1) is 6.61 Å². The maximum absolute atomic E-state index is 11.6. The third kappa shape index (κ3) is 4.02. The summed E-state index contributed by atoms with van der Waals surface area (Å²) >= 11 is 0. The smallest absolute Gasteiger partial charge is 0.328 e. The zero-order valence-corrected chi connectivity index (χ0v) is 12.5. The molecule has 0 saturated heterocycles. The molecule has 1 N–H and O–H groups in total. The lowest BCUT2D eigenvalue weighted by Gasteiger charge is -2.14. The highest BCUT2D eigenvalue weighted by molar-refractivity contribution is 5.79. The minimum atomic E-state index is -0.383. The Bertz CT molecular complexity index is 611. The van der Waals surface area contributed by atoms with Crippen LogP contribution in [-0.4, -0.2) is 28.6 Å². The Labute approximate surface area is 124 Å². The summed E-state index contributed by atoms with van der Waals surface area (Å²) in [6, 6.07) is 9.13. The molecule has 0 amide bonds. The average molecular weight is 285 g/mol. The van der Waals surface area contributed by atoms with Crippen LogP contribution in [-0.2, 0) is 9.53 Å². The lowest BCUT2D eigenvalue weighted by molar-refractivity contribution is -0.143. The monoisotopic (exact) mass is 285 g/mol. The van der Waals surface area contributed by atoms with E-state index in [0.29, 0.717) is 12.4 Å². The summed E-state index contributed by atoms with van der Waals surface area (Å²) in [6.45, 7) is 5.88. The molecule has 21 heavy (non-hydrogen) atoms. The number of esters is 1. The van der Waals surface area contributed by atoms with Crippen molar-refractivity contribution in [3.8, 4) is 11.4 Å². The topological polar surface area (TPSA) is 64.1 Å². The number of hydrogen-bond donors (Lipinski definition) is 1. The van der Waals surface area contributed by atoms with Crippen molar-refractivity contribution < 1.29 is 9.53 Å². The second kappa shape index (κ2) is 6.83. The third-order valence-corrected chi connectivity index (χ3v) is 2.96. The van der Waals surface area contributed by atoms with Gasteiger partial charge in [-0.15, -0.1) is 0 Å². The van der Waals surface area contributed by atoms with E-state index in [4.69, 9.17) is 4.74 Å². The molecule has 0 radical (unpaired) electrons. The second-order valence-corrected chi connectivity index (χ2v) is 4.72. The first kappa shape index (κ1) is 15.0. The Kier molecular flexibility index (Phi) is 4.87. The molecule has 5 nitrogen and oxygen atoms in total. The van der Waals surface area contributed by atoms with Crippen molar-refractivity contribution >= 4 is 11.7 Å². The predicted octanol–water partition coefficient (Wildman–Crippen LogP) is 2.82. The van der Waals surface area contributed by atoms with Crippen LogP contribution in [0, 0.1) is 6.92 Å². The van der Waals surface area contributed by atoms with Crippen LogP contribution in [0.25, 0.3) is 11.4 Å². The Hall–Kier alpha value is -2.43. The van der Waals surface area contributed by atoms with E-state index in [9.17, 15) is 4.79 Å². The van der Waals surface area contributed by atoms with Gasteiger partial charge < -0.3 is 10.1 Å². The number of aromatic nitrogens is 2. The molecule has 0 bridgehead atoms. The summed E-state index contributed by atoms with van der Waals surface area (Å²) in [5.74, 6) is 0.434. The first-order valence-electron chi connectivity index (χ1n) is 6.93. The van der Waals surface area contributed by atoms with Gasteiger partial charge >= 0.3 is 5.97 Å². The maximum atomic E-state index is 11.6. The number of carbonyl (C=O) groups is 1. The van der Waals surface area contributed by atoms with Gasteiger partial charge in [0.1, 0.15) is 6.04 Å². The maximum Gasteiger partial charge on any atom is 0.328 e. The fraction of sp³-hybridized carbons (Fsp3) is 0.312. The molecule has 1 aromatic carbocycles. The van der Waals surface area contributed by atoms with Crippen LogP contribution in [0.2, 0.25) is 0 Å². The first-order valence-corrected chi connectivity index (χ1v) is 6.93. The van der Waals surface area contributed by atoms with E-state index in [1.807, 2.05) is 37.3 Å². The predicted molar refractivity (Wildman–Crippen MR) is 81.9 cm³/mol. The Balaban J connectivity index is 2.07. The summed E-state index contributed by atoms with van der Waals surface area (Å²) in [4.78, 5) is 20.2. The van der Waals surface area contributed by atoms with E-state index in [2.05, 4.69) is 15.3 Å². The van der Waals surface area contributed by atoms with Gasteiger partial charge in [-0.3, -0.25) is 0 Å². The Morgan fingerprint density at radius 3 is 2.62 bits per heavy atom. The van der Waals surface area contributed by atoms with Crippen LogP contribution in [0.1, 0.15) is 19.5 Å². The number of nitrogens with zero attached hydrogens (tertiary/aromatic N) is 2. The van der Waals surface area contributed by atoms with Crippen molar-refractivity contribution in [3.05, 3.63) is 42.2 Å². The van der Waals surface area contributed by atoms with Crippen molar-refractivity contribution in [1.82, 2.24) is 9.97 Å². The van der Waals surface area contributed by atoms with E-state index < -0.39 is 0 Å². The largest absolute Gasteiger partial charge is 0.464 e. The molecule has 0 aliphatic carbocycles. The number of nitrogens with one attached hydrogen (secondary N) is 1. The summed E-state index contributed by atoms with van der Waals surface area (Å²) in [5, 5.41) is 3.10. The normalized spacial score (nSPS) is 11.8. The fourth-order valence-electron chi connectivity index (χ4n) is 1.88. The van der Waals surface area contributed by atoms with Gasteiger partial charge in [0, 0.05) is 23.1 Å². The van der Waals surface area contributed by atoms with E-state index >= 15 is 0 Å². The van der Waals surface area contributed by atoms with E-state index in [1.165, 1.54) is 0 Å². The van der Waals surface area contributed by atoms with Crippen LogP contribution >= 0.6 is 0 Å². The fourth-order valence-corrected chi connectivity index (χ4v) is 1.88. The van der Waals surface area contributed by atoms with E-state index in [-0.39, 0.29) is 12.0 Å². The summed E-state index contributed by atoms with van der Waals surface area (Å²) < 4.78 is 4.96. The van der Waals surface area contributed by atoms with Gasteiger partial charge in [0.25, 0.3) is 0 Å². The van der Waals surface area contributed by atoms with Gasteiger partial charge in [-0.25, -0.2) is 14.8 Å². The van der Waals surface area contributed by atoms with E-state index in [1.54, 1.807) is 20.0 Å². The summed E-state index contributed by atoms with van der Waals surface area (Å²) in [7, 11) is 0. The molecular weight excluding hydrogens is 266 g/mol. The van der Waals surface area contributed by atoms with Crippen LogP contribution in [0.3, 0.4) is 0 Å². The second-order valence-electron chi connectivity index (χ2n) is 4.72. The van der Waals surface area contributed by atoms with E-state index in [0.717, 1.165) is 16.9 Å². The lowest BCUT2D eigenvalue weighted by Crippen LogP contribution is -2.28. The Morgan fingerprint density at radius 1 is 1.29 bits per heavy atom. The van der Waals surface area contributed by atoms with Crippen LogP contribution < -0.4 is 5.32 Å². The summed E-state index contributed by atoms with van der Waals surface area (Å²) in [6.07, 6.45) is 1.74. The molecule has 110 valence electrons. The van der Waals surface area contributed by atoms with Crippen LogP contribution in [0.15, 0.2) is 36.5 Å². The van der Waals surface area contributed by atoms with Gasteiger partial charge in [-0.1, -0.05) is 0 Å². The molecule has 0 fully saturated rings. The molecular formula is C16H19N3O2. The zero-order valence-electron chi connectivity index (χ0n) is 12.5. The molecule has 1 heterocycles. The number of benzene rings is 1. The SMILES string of the molecule is CCOC(=O)[C@H](C)Nc1ccc(-c2nccc(C)n2)cc1. The van der Waals surface area contributed by atoms with Crippen LogP contribution in [0.4, 0.5) is 5.69 Å². The lowest BCUT2D eigenvalue weighted by atomic mass is 10.2. The number of ether oxygens (including phenoxy) is 1. The third-order valence-electron chi connectivity index (χ3n) is 2.96. The standard InChI is InChI=1S/C16H19N3O2/c1-4-21-16(20)12(3)19-14-7-5-13(6-8-14)15-17-10-9-11(2)18-15/h5-10,12,19H,4H2,1-3H3/t12-/m0/s1. The van der Waals surface area contributed by atoms with Gasteiger partial charge in [0.15, 0.2) is 5.82 Å². The van der Waals surface area contributed by atoms with Crippen molar-refractivity contribution in [2.24, 2.45) is 0 Å². The van der Waals surface area contributed by atoms with Gasteiger partial charge in [0.2, 0.25) is 0 Å². The number of aryl methyl sites for hydroxylation is 1. The number of rotatable bonds is 5. The molecule has 5 heteroatoms. The minimum absolute atomic E-state index is 0.261. The molecule has 2 rings (SSSR count). The van der Waals surface area contributed by atoms with Crippen LogP contribution in [0.5, 0.6) is 0 Å². The first-order chi connectivity index (χ1) is 10.1. The van der Waals surface area contributed by atoms with Gasteiger partial charge in [-0.2, -0.15) is 0 Å². The van der Waals surface area contributed by atoms with Gasteiger partial charge in [-0.05, 0) is 51.1 Å². The average Bonchev–Trinajstić information content (AvgIpc) is 2.48. The van der Waals surface area contributed by atoms with Crippen molar-refractivity contribution in [2.75, 3.05) is 11.9 Å². The molecule has 0 aliphatic heterocycles. The molecule has 0 saturated carbocycles. The highest BCUT2D eigenvalue weighted by atomic mass is 16.5. The number of carbonyl (C=O) groups excluding carboxylic acids is 1. The molecule has 0 aliphatic rings. The highest BCUT2D eigenvalue weighted by Crippen LogP contribution is 2.18. The van der Waals surface area contributed by atoms with Crippen molar-refractivity contribution in [2.45, 2.75) is 26.8 Å². The Morgan fingerprint density at radius 2 is 2.00 bits per heavy atom. The number of hydrogen-bond acceptors (Lipinski definition) is 5. The van der Waals surface area contributed by atoms with Crippen molar-refractivity contribution in [3.63, 3.8) is 0 Å². The highest BCUT2D eigenvalue weighted by Gasteiger charge is 2.13. The number of anilines is 1. The van der Waals surface area contributed by atoms with Crippen molar-refractivity contribution in [1.29, 1.82) is 0 Å². The molecule has 0 spiro atoms. The molecule has 1 aromatic heterocycles.